The molecule has 1 unspecified atom stereocenters. The van der Waals surface area contributed by atoms with Crippen LogP contribution in [-0.2, 0) is 6.42 Å². The minimum atomic E-state index is -0.202. The fourth-order valence-corrected chi connectivity index (χ4v) is 3.40. The van der Waals surface area contributed by atoms with E-state index in [0.29, 0.717) is 0 Å². The predicted molar refractivity (Wildman–Crippen MR) is 80.8 cm³/mol. The summed E-state index contributed by atoms with van der Waals surface area (Å²) in [6.45, 7) is 2.07. The number of aryl methyl sites for hydroxylation is 1. The summed E-state index contributed by atoms with van der Waals surface area (Å²) in [6.07, 6.45) is 0.860. The quantitative estimate of drug-likeness (QED) is 0.689. The van der Waals surface area contributed by atoms with Gasteiger partial charge in [0.2, 0.25) is 0 Å². The van der Waals surface area contributed by atoms with E-state index in [1.54, 1.807) is 23.9 Å². The van der Waals surface area contributed by atoms with Gasteiger partial charge in [-0.05, 0) is 42.8 Å². The van der Waals surface area contributed by atoms with Crippen LogP contribution >= 0.6 is 11.8 Å². The van der Waals surface area contributed by atoms with Gasteiger partial charge in [0, 0.05) is 28.3 Å². The molecule has 0 bridgehead atoms. The van der Waals surface area contributed by atoms with Crippen LogP contribution in [0.2, 0.25) is 0 Å². The molecule has 0 radical (unpaired) electrons. The number of nitrogens with two attached hydrogens (primary N) is 1. The lowest BCUT2D eigenvalue weighted by molar-refractivity contribution is 0.259. The molecule has 3 rings (SSSR count). The first-order chi connectivity index (χ1) is 9.61. The number of hydrogen-bond donors (Lipinski definition) is 1. The zero-order valence-corrected chi connectivity index (χ0v) is 12.0. The van der Waals surface area contributed by atoms with Gasteiger partial charge in [-0.25, -0.2) is 4.39 Å². The first-order valence-corrected chi connectivity index (χ1v) is 7.54. The van der Waals surface area contributed by atoms with Crippen molar-refractivity contribution in [2.45, 2.75) is 24.3 Å². The fraction of sp³-hybridized carbons (Fsp3) is 0.250. The van der Waals surface area contributed by atoms with Crippen molar-refractivity contribution in [3.8, 4) is 5.75 Å². The lowest BCUT2D eigenvalue weighted by atomic mass is 10.1. The Morgan fingerprint density at radius 1 is 1.30 bits per heavy atom. The van der Waals surface area contributed by atoms with Crippen LogP contribution in [0, 0.1) is 12.7 Å². The monoisotopic (exact) mass is 289 g/mol. The molecule has 0 aromatic heterocycles. The van der Waals surface area contributed by atoms with E-state index in [1.165, 1.54) is 16.5 Å². The van der Waals surface area contributed by atoms with Gasteiger partial charge in [0.1, 0.15) is 17.7 Å². The van der Waals surface area contributed by atoms with E-state index in [9.17, 15) is 4.39 Å². The first-order valence-electron chi connectivity index (χ1n) is 6.56. The molecule has 1 heterocycles. The van der Waals surface area contributed by atoms with E-state index in [0.717, 1.165) is 29.2 Å². The van der Waals surface area contributed by atoms with Crippen LogP contribution in [-0.4, -0.2) is 11.9 Å². The molecule has 2 N–H and O–H groups in total. The Morgan fingerprint density at radius 2 is 2.15 bits per heavy atom. The number of halogens is 1. The molecule has 1 atom stereocenters. The number of anilines is 1. The summed E-state index contributed by atoms with van der Waals surface area (Å²) in [7, 11) is 0. The summed E-state index contributed by atoms with van der Waals surface area (Å²) in [4.78, 5) is 1.18. The molecule has 1 aliphatic rings. The topological polar surface area (TPSA) is 35.2 Å². The van der Waals surface area contributed by atoms with Gasteiger partial charge in [-0.1, -0.05) is 6.07 Å². The Hall–Kier alpha value is -1.68. The third kappa shape index (κ3) is 2.75. The van der Waals surface area contributed by atoms with Crippen molar-refractivity contribution >= 4 is 17.4 Å². The average Bonchev–Trinajstić information content (AvgIpc) is 2.81. The van der Waals surface area contributed by atoms with E-state index in [2.05, 4.69) is 6.92 Å². The summed E-state index contributed by atoms with van der Waals surface area (Å²) in [5, 5.41) is 0. The van der Waals surface area contributed by atoms with Crippen LogP contribution in [0.25, 0.3) is 0 Å². The van der Waals surface area contributed by atoms with Gasteiger partial charge in [-0.3, -0.25) is 0 Å². The Balaban J connectivity index is 1.65. The van der Waals surface area contributed by atoms with Crippen LogP contribution < -0.4 is 10.5 Å². The van der Waals surface area contributed by atoms with Gasteiger partial charge < -0.3 is 10.5 Å². The molecule has 104 valence electrons. The van der Waals surface area contributed by atoms with Crippen molar-refractivity contribution in [2.75, 3.05) is 11.5 Å². The number of nitrogen functional groups attached to an aromatic ring is 1. The summed E-state index contributed by atoms with van der Waals surface area (Å²) in [5.74, 6) is 1.44. The molecular formula is C16H16FNOS. The number of thioether (sulfide) groups is 1. The van der Waals surface area contributed by atoms with Crippen LogP contribution in [0.3, 0.4) is 0 Å². The van der Waals surface area contributed by atoms with E-state index >= 15 is 0 Å². The van der Waals surface area contributed by atoms with Gasteiger partial charge >= 0.3 is 0 Å². The number of hydrogen-bond acceptors (Lipinski definition) is 3. The summed E-state index contributed by atoms with van der Waals surface area (Å²) in [5.41, 5.74) is 8.76. The van der Waals surface area contributed by atoms with E-state index in [1.807, 2.05) is 18.2 Å². The van der Waals surface area contributed by atoms with Crippen LogP contribution in [0.1, 0.15) is 11.1 Å². The maximum absolute atomic E-state index is 13.2. The zero-order chi connectivity index (χ0) is 14.1. The molecule has 20 heavy (non-hydrogen) atoms. The standard InChI is InChI=1S/C16H16FNOS/c1-10-2-4-13(18)8-16(10)20-9-14-7-11-6-12(17)3-5-15(11)19-14/h2-6,8,14H,7,9,18H2,1H3. The van der Waals surface area contributed by atoms with Gasteiger partial charge in [-0.2, -0.15) is 0 Å². The second-order valence-corrected chi connectivity index (χ2v) is 6.09. The van der Waals surface area contributed by atoms with Crippen LogP contribution in [0.5, 0.6) is 5.75 Å². The molecule has 0 spiro atoms. The Bertz CT molecular complexity index is 644. The molecule has 0 amide bonds. The lowest BCUT2D eigenvalue weighted by Crippen LogP contribution is -2.15. The third-order valence-corrected chi connectivity index (χ3v) is 4.69. The summed E-state index contributed by atoms with van der Waals surface area (Å²) in [6, 6.07) is 10.6. The highest BCUT2D eigenvalue weighted by Gasteiger charge is 2.23. The SMILES string of the molecule is Cc1ccc(N)cc1SCC1Cc2cc(F)ccc2O1. The predicted octanol–water partition coefficient (Wildman–Crippen LogP) is 3.81. The Labute approximate surface area is 122 Å². The van der Waals surface area contributed by atoms with Gasteiger partial charge in [0.15, 0.2) is 0 Å². The molecule has 0 saturated heterocycles. The summed E-state index contributed by atoms with van der Waals surface area (Å²) >= 11 is 1.73. The van der Waals surface area contributed by atoms with E-state index in [4.69, 9.17) is 10.5 Å². The maximum atomic E-state index is 13.2. The largest absolute Gasteiger partial charge is 0.489 e. The van der Waals surface area contributed by atoms with Crippen molar-refractivity contribution in [2.24, 2.45) is 0 Å². The highest BCUT2D eigenvalue weighted by Crippen LogP contribution is 2.33. The number of benzene rings is 2. The van der Waals surface area contributed by atoms with Crippen molar-refractivity contribution in [1.82, 2.24) is 0 Å². The first kappa shape index (κ1) is 13.3. The second-order valence-electron chi connectivity index (χ2n) is 5.03. The second kappa shape index (κ2) is 5.37. The normalized spacial score (nSPS) is 16.8. The molecule has 2 aromatic carbocycles. The maximum Gasteiger partial charge on any atom is 0.123 e. The minimum absolute atomic E-state index is 0.0950. The molecule has 4 heteroatoms. The Morgan fingerprint density at radius 3 is 3.00 bits per heavy atom. The van der Waals surface area contributed by atoms with Gasteiger partial charge in [0.05, 0.1) is 0 Å². The van der Waals surface area contributed by atoms with E-state index in [-0.39, 0.29) is 11.9 Å². The molecule has 2 aromatic rings. The fourth-order valence-electron chi connectivity index (χ4n) is 2.34. The number of fused-ring (bicyclic) bond motifs is 1. The molecule has 0 aliphatic carbocycles. The number of ether oxygens (including phenoxy) is 1. The van der Waals surface area contributed by atoms with E-state index < -0.39 is 0 Å². The molecule has 2 nitrogen and oxygen atoms in total. The Kier molecular flexibility index (Phi) is 3.57. The van der Waals surface area contributed by atoms with Crippen LogP contribution in [0.15, 0.2) is 41.3 Å². The highest BCUT2D eigenvalue weighted by atomic mass is 32.2. The summed E-state index contributed by atoms with van der Waals surface area (Å²) < 4.78 is 19.0. The van der Waals surface area contributed by atoms with Crippen molar-refractivity contribution < 1.29 is 9.13 Å². The average molecular weight is 289 g/mol. The number of rotatable bonds is 3. The lowest BCUT2D eigenvalue weighted by Gasteiger charge is -2.12. The molecule has 1 aliphatic heterocycles. The van der Waals surface area contributed by atoms with Crippen molar-refractivity contribution in [3.05, 3.63) is 53.3 Å². The van der Waals surface area contributed by atoms with Crippen molar-refractivity contribution in [1.29, 1.82) is 0 Å². The smallest absolute Gasteiger partial charge is 0.123 e. The van der Waals surface area contributed by atoms with Gasteiger partial charge in [0.25, 0.3) is 0 Å². The minimum Gasteiger partial charge on any atom is -0.489 e. The van der Waals surface area contributed by atoms with Gasteiger partial charge in [-0.15, -0.1) is 11.8 Å². The zero-order valence-electron chi connectivity index (χ0n) is 11.2. The van der Waals surface area contributed by atoms with Crippen LogP contribution in [0.4, 0.5) is 10.1 Å². The van der Waals surface area contributed by atoms with Crippen molar-refractivity contribution in [3.63, 3.8) is 0 Å². The third-order valence-electron chi connectivity index (χ3n) is 3.40. The molecular weight excluding hydrogens is 273 g/mol. The molecule has 0 fully saturated rings. The molecule has 0 saturated carbocycles. The highest BCUT2D eigenvalue weighted by molar-refractivity contribution is 7.99.